The minimum absolute atomic E-state index is 0.00724. The molecule has 1 radical (unpaired) electrons. The zero-order chi connectivity index (χ0) is 12.8. The number of anilines is 1. The van der Waals surface area contributed by atoms with Crippen LogP contribution in [0.4, 0.5) is 10.1 Å². The number of piperidine rings is 1. The summed E-state index contributed by atoms with van der Waals surface area (Å²) in [5, 5.41) is 7.13. The SMILES string of the molecule is O=C(CCC1CCC[N]C1)Nc1ccc(F)cc1. The molecule has 1 N–H and O–H groups in total. The molecule has 0 aromatic heterocycles. The summed E-state index contributed by atoms with van der Waals surface area (Å²) in [5.74, 6) is 0.252. The van der Waals surface area contributed by atoms with Crippen LogP contribution in [0.15, 0.2) is 24.3 Å². The maximum absolute atomic E-state index is 12.7. The molecular formula is C14H18FN2O. The number of nitrogens with zero attached hydrogens (tertiary/aromatic N) is 1. The lowest BCUT2D eigenvalue weighted by Gasteiger charge is -2.20. The first kappa shape index (κ1) is 13.0. The van der Waals surface area contributed by atoms with Crippen molar-refractivity contribution < 1.29 is 9.18 Å². The van der Waals surface area contributed by atoms with Gasteiger partial charge >= 0.3 is 0 Å². The van der Waals surface area contributed by atoms with Crippen molar-refractivity contribution >= 4 is 11.6 Å². The number of nitrogens with one attached hydrogen (secondary N) is 1. The molecule has 1 amide bonds. The number of halogens is 1. The predicted octanol–water partition coefficient (Wildman–Crippen LogP) is 2.56. The van der Waals surface area contributed by atoms with Gasteiger partial charge in [-0.2, -0.15) is 0 Å². The maximum atomic E-state index is 12.7. The van der Waals surface area contributed by atoms with Gasteiger partial charge in [-0.05, 0) is 49.4 Å². The molecular weight excluding hydrogens is 231 g/mol. The van der Waals surface area contributed by atoms with E-state index < -0.39 is 0 Å². The summed E-state index contributed by atoms with van der Waals surface area (Å²) in [4.78, 5) is 11.7. The van der Waals surface area contributed by atoms with Crippen molar-refractivity contribution in [3.63, 3.8) is 0 Å². The van der Waals surface area contributed by atoms with Crippen LogP contribution in [0.3, 0.4) is 0 Å². The van der Waals surface area contributed by atoms with E-state index in [2.05, 4.69) is 10.6 Å². The van der Waals surface area contributed by atoms with Crippen LogP contribution >= 0.6 is 0 Å². The van der Waals surface area contributed by atoms with Crippen LogP contribution in [0.1, 0.15) is 25.7 Å². The van der Waals surface area contributed by atoms with Crippen LogP contribution in [0, 0.1) is 11.7 Å². The first-order valence-corrected chi connectivity index (χ1v) is 6.43. The Balaban J connectivity index is 1.73. The van der Waals surface area contributed by atoms with E-state index in [1.54, 1.807) is 12.1 Å². The lowest BCUT2D eigenvalue weighted by atomic mass is 9.94. The Morgan fingerprint density at radius 1 is 1.39 bits per heavy atom. The van der Waals surface area contributed by atoms with Crippen LogP contribution in [0.5, 0.6) is 0 Å². The van der Waals surface area contributed by atoms with Crippen LogP contribution < -0.4 is 10.6 Å². The average molecular weight is 249 g/mol. The van der Waals surface area contributed by atoms with Crippen molar-refractivity contribution in [3.05, 3.63) is 30.1 Å². The molecule has 1 aliphatic heterocycles. The second-order valence-electron chi connectivity index (χ2n) is 4.73. The molecule has 1 heterocycles. The zero-order valence-electron chi connectivity index (χ0n) is 10.4. The average Bonchev–Trinajstić information content (AvgIpc) is 2.40. The van der Waals surface area contributed by atoms with E-state index in [-0.39, 0.29) is 11.7 Å². The molecule has 97 valence electrons. The van der Waals surface area contributed by atoms with Crippen LogP contribution in [-0.4, -0.2) is 19.0 Å². The van der Waals surface area contributed by atoms with Gasteiger partial charge in [0.05, 0.1) is 0 Å². The molecule has 1 saturated heterocycles. The van der Waals surface area contributed by atoms with E-state index in [1.165, 1.54) is 18.6 Å². The summed E-state index contributed by atoms with van der Waals surface area (Å²) in [6, 6.07) is 5.83. The normalized spacial score (nSPS) is 19.5. The Kier molecular flexibility index (Phi) is 4.70. The van der Waals surface area contributed by atoms with Crippen molar-refractivity contribution in [2.45, 2.75) is 25.7 Å². The molecule has 1 aromatic carbocycles. The molecule has 1 atom stereocenters. The highest BCUT2D eigenvalue weighted by Crippen LogP contribution is 2.17. The molecule has 0 spiro atoms. The monoisotopic (exact) mass is 249 g/mol. The van der Waals surface area contributed by atoms with Gasteiger partial charge in [0.25, 0.3) is 0 Å². The van der Waals surface area contributed by atoms with Crippen molar-refractivity contribution in [1.82, 2.24) is 5.32 Å². The van der Waals surface area contributed by atoms with Gasteiger partial charge in [-0.25, -0.2) is 9.71 Å². The van der Waals surface area contributed by atoms with Gasteiger partial charge < -0.3 is 5.32 Å². The fourth-order valence-electron chi connectivity index (χ4n) is 2.18. The Bertz CT molecular complexity index is 385. The third-order valence-corrected chi connectivity index (χ3v) is 3.22. The molecule has 0 bridgehead atoms. The lowest BCUT2D eigenvalue weighted by molar-refractivity contribution is -0.116. The summed E-state index contributed by atoms with van der Waals surface area (Å²) >= 11 is 0. The molecule has 1 unspecified atom stereocenters. The molecule has 2 rings (SSSR count). The number of carbonyl (C=O) groups excluding carboxylic acids is 1. The molecule has 4 heteroatoms. The van der Waals surface area contributed by atoms with E-state index in [1.807, 2.05) is 0 Å². The highest BCUT2D eigenvalue weighted by Gasteiger charge is 2.15. The third kappa shape index (κ3) is 4.11. The summed E-state index contributed by atoms with van der Waals surface area (Å²) in [7, 11) is 0. The maximum Gasteiger partial charge on any atom is 0.224 e. The summed E-state index contributed by atoms with van der Waals surface area (Å²) in [5.41, 5.74) is 0.648. The molecule has 1 aliphatic rings. The van der Waals surface area contributed by atoms with Crippen LogP contribution in [0.2, 0.25) is 0 Å². The molecule has 3 nitrogen and oxygen atoms in total. The summed E-state index contributed by atoms with van der Waals surface area (Å²) < 4.78 is 12.7. The Morgan fingerprint density at radius 2 is 2.17 bits per heavy atom. The first-order valence-electron chi connectivity index (χ1n) is 6.43. The third-order valence-electron chi connectivity index (χ3n) is 3.22. The van der Waals surface area contributed by atoms with Crippen molar-refractivity contribution in [2.24, 2.45) is 5.92 Å². The largest absolute Gasteiger partial charge is 0.326 e. The Morgan fingerprint density at radius 3 is 2.83 bits per heavy atom. The lowest BCUT2D eigenvalue weighted by Crippen LogP contribution is -2.25. The predicted molar refractivity (Wildman–Crippen MR) is 68.9 cm³/mol. The van der Waals surface area contributed by atoms with Gasteiger partial charge in [-0.15, -0.1) is 0 Å². The minimum Gasteiger partial charge on any atom is -0.326 e. The molecule has 1 aromatic rings. The summed E-state index contributed by atoms with van der Waals surface area (Å²) in [6.45, 7) is 1.86. The Hall–Kier alpha value is -1.42. The van der Waals surface area contributed by atoms with E-state index in [4.69, 9.17) is 0 Å². The van der Waals surface area contributed by atoms with Crippen molar-refractivity contribution in [3.8, 4) is 0 Å². The van der Waals surface area contributed by atoms with Gasteiger partial charge in [-0.3, -0.25) is 4.79 Å². The quantitative estimate of drug-likeness (QED) is 0.875. The number of hydrogen-bond donors (Lipinski definition) is 1. The van der Waals surface area contributed by atoms with Gasteiger partial charge in [0.1, 0.15) is 5.82 Å². The zero-order valence-corrected chi connectivity index (χ0v) is 10.4. The Labute approximate surface area is 107 Å². The van der Waals surface area contributed by atoms with Gasteiger partial charge in [0.2, 0.25) is 5.91 Å². The number of hydrogen-bond acceptors (Lipinski definition) is 1. The first-order chi connectivity index (χ1) is 8.74. The number of amides is 1. The van der Waals surface area contributed by atoms with Crippen molar-refractivity contribution in [2.75, 3.05) is 18.4 Å². The van der Waals surface area contributed by atoms with Crippen LogP contribution in [0.25, 0.3) is 0 Å². The van der Waals surface area contributed by atoms with E-state index >= 15 is 0 Å². The fourth-order valence-corrected chi connectivity index (χ4v) is 2.18. The van der Waals surface area contributed by atoms with Crippen LogP contribution in [-0.2, 0) is 4.79 Å². The number of rotatable bonds is 4. The highest BCUT2D eigenvalue weighted by atomic mass is 19.1. The van der Waals surface area contributed by atoms with Gasteiger partial charge in [-0.1, -0.05) is 0 Å². The van der Waals surface area contributed by atoms with E-state index in [9.17, 15) is 9.18 Å². The topological polar surface area (TPSA) is 43.2 Å². The van der Waals surface area contributed by atoms with E-state index in [0.29, 0.717) is 18.0 Å². The molecule has 18 heavy (non-hydrogen) atoms. The molecule has 0 saturated carbocycles. The van der Waals surface area contributed by atoms with Gasteiger partial charge in [0, 0.05) is 25.2 Å². The van der Waals surface area contributed by atoms with E-state index in [0.717, 1.165) is 25.9 Å². The smallest absolute Gasteiger partial charge is 0.224 e. The second kappa shape index (κ2) is 6.50. The fraction of sp³-hybridized carbons (Fsp3) is 0.500. The van der Waals surface area contributed by atoms with Gasteiger partial charge in [0.15, 0.2) is 0 Å². The second-order valence-corrected chi connectivity index (χ2v) is 4.73. The molecule has 1 fully saturated rings. The summed E-state index contributed by atoms with van der Waals surface area (Å²) in [6.07, 6.45) is 3.71. The standard InChI is InChI=1S/C14H18FN2O/c15-12-4-6-13(7-5-12)17-14(18)8-3-11-2-1-9-16-10-11/h4-7,11H,1-3,8-10H2,(H,17,18). The molecule has 0 aliphatic carbocycles. The highest BCUT2D eigenvalue weighted by molar-refractivity contribution is 5.90. The number of carbonyl (C=O) groups is 1. The van der Waals surface area contributed by atoms with Crippen molar-refractivity contribution in [1.29, 1.82) is 0 Å². The minimum atomic E-state index is -0.295. The number of benzene rings is 1.